The molecule has 0 atom stereocenters. The molecule has 1 amide bonds. The van der Waals surface area contributed by atoms with E-state index in [4.69, 9.17) is 5.11 Å². The summed E-state index contributed by atoms with van der Waals surface area (Å²) in [6, 6.07) is 9.70. The highest BCUT2D eigenvalue weighted by Crippen LogP contribution is 2.19. The Hall–Kier alpha value is -2.76. The molecule has 2 rings (SSSR count). The van der Waals surface area contributed by atoms with Crippen molar-refractivity contribution in [1.82, 2.24) is 14.9 Å². The van der Waals surface area contributed by atoms with Crippen LogP contribution in [0.15, 0.2) is 42.7 Å². The summed E-state index contributed by atoms with van der Waals surface area (Å²) in [4.78, 5) is 33.1. The van der Waals surface area contributed by atoms with Gasteiger partial charge in [-0.15, -0.1) is 0 Å². The second-order valence-electron chi connectivity index (χ2n) is 6.80. The van der Waals surface area contributed by atoms with E-state index < -0.39 is 5.97 Å². The number of amides is 1. The Morgan fingerprint density at radius 1 is 1.04 bits per heavy atom. The van der Waals surface area contributed by atoms with Gasteiger partial charge in [-0.05, 0) is 11.0 Å². The van der Waals surface area contributed by atoms with Crippen LogP contribution in [0, 0.1) is 5.41 Å². The van der Waals surface area contributed by atoms with Gasteiger partial charge in [0.05, 0.1) is 12.4 Å². The first-order valence-corrected chi connectivity index (χ1v) is 7.65. The molecule has 0 unspecified atom stereocenters. The molecule has 6 heteroatoms. The predicted octanol–water partition coefficient (Wildman–Crippen LogP) is 2.86. The molecule has 2 aromatic rings. The number of carbonyl (C=O) groups is 2. The topological polar surface area (TPSA) is 83.4 Å². The van der Waals surface area contributed by atoms with Crippen molar-refractivity contribution in [2.75, 3.05) is 6.54 Å². The van der Waals surface area contributed by atoms with E-state index in [1.54, 1.807) is 4.90 Å². The highest BCUT2D eigenvalue weighted by molar-refractivity contribution is 5.92. The lowest BCUT2D eigenvalue weighted by atomic mass is 9.95. The summed E-state index contributed by atoms with van der Waals surface area (Å²) in [5.41, 5.74) is 0.890. The first kappa shape index (κ1) is 17.6. The fraction of sp³-hybridized carbons (Fsp3) is 0.333. The van der Waals surface area contributed by atoms with E-state index in [2.05, 4.69) is 30.7 Å². The predicted molar refractivity (Wildman–Crippen MR) is 89.6 cm³/mol. The van der Waals surface area contributed by atoms with Crippen molar-refractivity contribution in [2.24, 2.45) is 5.41 Å². The number of carbonyl (C=O) groups excluding carboxylic acids is 1. The number of carboxylic acids is 1. The van der Waals surface area contributed by atoms with Crippen LogP contribution in [0.1, 0.15) is 47.3 Å². The molecule has 0 aliphatic carbocycles. The summed E-state index contributed by atoms with van der Waals surface area (Å²) in [6.45, 7) is 7.16. The van der Waals surface area contributed by atoms with Crippen LogP contribution in [-0.2, 0) is 6.54 Å². The van der Waals surface area contributed by atoms with Crippen LogP contribution in [-0.4, -0.2) is 38.4 Å². The fourth-order valence-corrected chi connectivity index (χ4v) is 2.29. The van der Waals surface area contributed by atoms with Gasteiger partial charge in [0.1, 0.15) is 5.69 Å². The van der Waals surface area contributed by atoms with Crippen molar-refractivity contribution in [3.05, 3.63) is 59.7 Å². The minimum atomic E-state index is -1.17. The van der Waals surface area contributed by atoms with Gasteiger partial charge in [0, 0.05) is 13.1 Å². The van der Waals surface area contributed by atoms with Crippen LogP contribution in [0.5, 0.6) is 0 Å². The minimum Gasteiger partial charge on any atom is -0.476 e. The highest BCUT2D eigenvalue weighted by atomic mass is 16.4. The maximum Gasteiger partial charge on any atom is 0.356 e. The molecule has 1 aromatic heterocycles. The smallest absolute Gasteiger partial charge is 0.356 e. The fourth-order valence-electron chi connectivity index (χ4n) is 2.29. The van der Waals surface area contributed by atoms with Gasteiger partial charge in [-0.1, -0.05) is 51.1 Å². The van der Waals surface area contributed by atoms with Crippen LogP contribution < -0.4 is 0 Å². The van der Waals surface area contributed by atoms with Crippen LogP contribution >= 0.6 is 0 Å². The van der Waals surface area contributed by atoms with Crippen LogP contribution in [0.3, 0.4) is 0 Å². The molecule has 0 radical (unpaired) electrons. The van der Waals surface area contributed by atoms with Crippen molar-refractivity contribution in [2.45, 2.75) is 27.3 Å². The molecule has 1 aromatic carbocycles. The van der Waals surface area contributed by atoms with Gasteiger partial charge in [-0.3, -0.25) is 4.79 Å². The monoisotopic (exact) mass is 327 g/mol. The molecule has 1 N–H and O–H groups in total. The quantitative estimate of drug-likeness (QED) is 0.913. The molecular formula is C18H21N3O3. The molecule has 0 aliphatic rings. The standard InChI is InChI=1S/C18H21N3O3/c1-18(2,3)12-21(11-13-7-5-4-6-8-13)16(22)14-9-20-15(10-19-14)17(23)24/h4-10H,11-12H2,1-3H3,(H,23,24). The van der Waals surface area contributed by atoms with Crippen LogP contribution in [0.2, 0.25) is 0 Å². The molecule has 24 heavy (non-hydrogen) atoms. The minimum absolute atomic E-state index is 0.0845. The van der Waals surface area contributed by atoms with E-state index in [0.717, 1.165) is 11.8 Å². The third-order valence-corrected chi connectivity index (χ3v) is 3.26. The zero-order valence-corrected chi connectivity index (χ0v) is 14.1. The third kappa shape index (κ3) is 4.87. The lowest BCUT2D eigenvalue weighted by Crippen LogP contribution is -2.37. The molecule has 1 heterocycles. The summed E-state index contributed by atoms with van der Waals surface area (Å²) >= 11 is 0. The molecule has 126 valence electrons. The highest BCUT2D eigenvalue weighted by Gasteiger charge is 2.23. The number of hydrogen-bond donors (Lipinski definition) is 1. The largest absolute Gasteiger partial charge is 0.476 e. The zero-order valence-electron chi connectivity index (χ0n) is 14.1. The Kier molecular flexibility index (Phi) is 5.28. The van der Waals surface area contributed by atoms with Crippen molar-refractivity contribution in [3.8, 4) is 0 Å². The van der Waals surface area contributed by atoms with Gasteiger partial charge in [0.15, 0.2) is 5.69 Å². The number of hydrogen-bond acceptors (Lipinski definition) is 4. The van der Waals surface area contributed by atoms with E-state index in [9.17, 15) is 9.59 Å². The van der Waals surface area contributed by atoms with Gasteiger partial charge in [0.25, 0.3) is 5.91 Å². The van der Waals surface area contributed by atoms with E-state index >= 15 is 0 Å². The lowest BCUT2D eigenvalue weighted by molar-refractivity contribution is 0.0663. The Morgan fingerprint density at radius 3 is 2.12 bits per heavy atom. The third-order valence-electron chi connectivity index (χ3n) is 3.26. The molecule has 6 nitrogen and oxygen atoms in total. The SMILES string of the molecule is CC(C)(C)CN(Cc1ccccc1)C(=O)c1cnc(C(=O)O)cn1. The molecule has 0 aliphatic heterocycles. The Labute approximate surface area is 141 Å². The summed E-state index contributed by atoms with van der Waals surface area (Å²) in [5.74, 6) is -1.43. The van der Waals surface area contributed by atoms with Gasteiger partial charge in [-0.2, -0.15) is 0 Å². The number of benzene rings is 1. The van der Waals surface area contributed by atoms with E-state index in [1.165, 1.54) is 6.20 Å². The van der Waals surface area contributed by atoms with Crippen LogP contribution in [0.25, 0.3) is 0 Å². The number of aromatic nitrogens is 2. The maximum atomic E-state index is 12.8. The lowest BCUT2D eigenvalue weighted by Gasteiger charge is -2.30. The van der Waals surface area contributed by atoms with Gasteiger partial charge in [-0.25, -0.2) is 14.8 Å². The number of nitrogens with zero attached hydrogens (tertiary/aromatic N) is 3. The van der Waals surface area contributed by atoms with Gasteiger partial charge < -0.3 is 10.0 Å². The average molecular weight is 327 g/mol. The summed E-state index contributed by atoms with van der Waals surface area (Å²) in [5, 5.41) is 8.87. The van der Waals surface area contributed by atoms with Crippen molar-refractivity contribution in [1.29, 1.82) is 0 Å². The van der Waals surface area contributed by atoms with E-state index in [-0.39, 0.29) is 22.7 Å². The number of aromatic carboxylic acids is 1. The Morgan fingerprint density at radius 2 is 1.62 bits per heavy atom. The van der Waals surface area contributed by atoms with Crippen LogP contribution in [0.4, 0.5) is 0 Å². The number of rotatable bonds is 5. The van der Waals surface area contributed by atoms with Crippen molar-refractivity contribution < 1.29 is 14.7 Å². The second kappa shape index (κ2) is 7.21. The van der Waals surface area contributed by atoms with Crippen molar-refractivity contribution >= 4 is 11.9 Å². The summed E-state index contributed by atoms with van der Waals surface area (Å²) in [6.07, 6.45) is 2.32. The normalized spacial score (nSPS) is 11.1. The molecular weight excluding hydrogens is 306 g/mol. The molecule has 0 fully saturated rings. The molecule has 0 bridgehead atoms. The van der Waals surface area contributed by atoms with Gasteiger partial charge >= 0.3 is 5.97 Å². The molecule has 0 saturated carbocycles. The molecule has 0 spiro atoms. The second-order valence-corrected chi connectivity index (χ2v) is 6.80. The summed E-state index contributed by atoms with van der Waals surface area (Å²) in [7, 11) is 0. The average Bonchev–Trinajstić information content (AvgIpc) is 2.53. The Bertz CT molecular complexity index is 707. The first-order chi connectivity index (χ1) is 11.3. The van der Waals surface area contributed by atoms with E-state index in [1.807, 2.05) is 30.3 Å². The zero-order chi connectivity index (χ0) is 17.7. The first-order valence-electron chi connectivity index (χ1n) is 7.65. The maximum absolute atomic E-state index is 12.8. The number of carboxylic acid groups (broad SMARTS) is 1. The van der Waals surface area contributed by atoms with Crippen molar-refractivity contribution in [3.63, 3.8) is 0 Å². The summed E-state index contributed by atoms with van der Waals surface area (Å²) < 4.78 is 0. The molecule has 0 saturated heterocycles. The van der Waals surface area contributed by atoms with E-state index in [0.29, 0.717) is 13.1 Å². The van der Waals surface area contributed by atoms with Gasteiger partial charge in [0.2, 0.25) is 0 Å². The Balaban J connectivity index is 2.24.